The van der Waals surface area contributed by atoms with Crippen molar-refractivity contribution in [2.45, 2.75) is 25.9 Å². The fraction of sp³-hybridized carbons (Fsp3) is 0.429. The second kappa shape index (κ2) is 7.53. The van der Waals surface area contributed by atoms with Crippen LogP contribution in [0.4, 0.5) is 18.9 Å². The van der Waals surface area contributed by atoms with E-state index >= 15 is 0 Å². The SMILES string of the molecule is CCOC(=O)CCCNc1ccc(C(F)(F)F)cc1C#N. The smallest absolute Gasteiger partial charge is 0.416 e. The normalized spacial score (nSPS) is 10.8. The van der Waals surface area contributed by atoms with Gasteiger partial charge in [-0.3, -0.25) is 4.79 Å². The summed E-state index contributed by atoms with van der Waals surface area (Å²) in [5.41, 5.74) is -0.633. The first-order chi connectivity index (χ1) is 9.88. The molecule has 114 valence electrons. The van der Waals surface area contributed by atoms with Gasteiger partial charge in [0.05, 0.1) is 23.4 Å². The number of nitriles is 1. The van der Waals surface area contributed by atoms with Crippen LogP contribution in [0.2, 0.25) is 0 Å². The van der Waals surface area contributed by atoms with Crippen molar-refractivity contribution in [3.05, 3.63) is 29.3 Å². The molecule has 1 aromatic rings. The predicted molar refractivity (Wildman–Crippen MR) is 70.5 cm³/mol. The van der Waals surface area contributed by atoms with E-state index in [1.165, 1.54) is 6.07 Å². The van der Waals surface area contributed by atoms with Crippen molar-refractivity contribution in [1.29, 1.82) is 5.26 Å². The number of benzene rings is 1. The first-order valence-electron chi connectivity index (χ1n) is 6.39. The number of nitrogens with one attached hydrogen (secondary N) is 1. The number of nitrogens with zero attached hydrogens (tertiary/aromatic N) is 1. The van der Waals surface area contributed by atoms with Crippen LogP contribution in [0, 0.1) is 11.3 Å². The highest BCUT2D eigenvalue weighted by molar-refractivity contribution is 5.69. The Hall–Kier alpha value is -2.23. The molecular formula is C14H15F3N2O2. The Morgan fingerprint density at radius 2 is 2.14 bits per heavy atom. The van der Waals surface area contributed by atoms with Crippen LogP contribution in [0.25, 0.3) is 0 Å². The van der Waals surface area contributed by atoms with E-state index in [1.807, 2.05) is 0 Å². The second-order valence-corrected chi connectivity index (χ2v) is 4.21. The molecule has 0 aromatic heterocycles. The van der Waals surface area contributed by atoms with E-state index in [0.717, 1.165) is 12.1 Å². The molecule has 0 amide bonds. The third-order valence-electron chi connectivity index (χ3n) is 2.65. The van der Waals surface area contributed by atoms with Crippen LogP contribution >= 0.6 is 0 Å². The Morgan fingerprint density at radius 1 is 1.43 bits per heavy atom. The number of anilines is 1. The number of esters is 1. The molecule has 1 rings (SSSR count). The van der Waals surface area contributed by atoms with E-state index < -0.39 is 11.7 Å². The maximum Gasteiger partial charge on any atom is 0.416 e. The Kier molecular flexibility index (Phi) is 6.03. The number of rotatable bonds is 6. The molecule has 0 saturated carbocycles. The van der Waals surface area contributed by atoms with Crippen molar-refractivity contribution in [1.82, 2.24) is 0 Å². The standard InChI is InChI=1S/C14H15F3N2O2/c1-2-21-13(20)4-3-7-19-12-6-5-11(14(15,16)17)8-10(12)9-18/h5-6,8,19H,2-4,7H2,1H3. The van der Waals surface area contributed by atoms with Gasteiger partial charge in [0, 0.05) is 13.0 Å². The Labute approximate surface area is 120 Å². The van der Waals surface area contributed by atoms with E-state index in [1.54, 1.807) is 13.0 Å². The van der Waals surface area contributed by atoms with Crippen molar-refractivity contribution in [2.24, 2.45) is 0 Å². The fourth-order valence-electron chi connectivity index (χ4n) is 1.66. The Bertz CT molecular complexity index is 536. The minimum absolute atomic E-state index is 0.0824. The van der Waals surface area contributed by atoms with Gasteiger partial charge in [-0.1, -0.05) is 0 Å². The van der Waals surface area contributed by atoms with E-state index in [4.69, 9.17) is 10.00 Å². The maximum atomic E-state index is 12.5. The van der Waals surface area contributed by atoms with Gasteiger partial charge >= 0.3 is 12.1 Å². The van der Waals surface area contributed by atoms with E-state index in [9.17, 15) is 18.0 Å². The molecule has 0 aliphatic heterocycles. The number of hydrogen-bond acceptors (Lipinski definition) is 4. The van der Waals surface area contributed by atoms with Crippen LogP contribution in [-0.2, 0) is 15.7 Å². The van der Waals surface area contributed by atoms with E-state index in [-0.39, 0.29) is 18.0 Å². The Balaban J connectivity index is 2.60. The average molecular weight is 300 g/mol. The first-order valence-corrected chi connectivity index (χ1v) is 6.39. The minimum Gasteiger partial charge on any atom is -0.466 e. The molecule has 0 fully saturated rings. The molecule has 0 bridgehead atoms. The average Bonchev–Trinajstić information content (AvgIpc) is 2.42. The number of ether oxygens (including phenoxy) is 1. The molecule has 0 saturated heterocycles. The number of alkyl halides is 3. The summed E-state index contributed by atoms with van der Waals surface area (Å²) in [6, 6.07) is 4.65. The van der Waals surface area contributed by atoms with Crippen molar-refractivity contribution in [2.75, 3.05) is 18.5 Å². The fourth-order valence-corrected chi connectivity index (χ4v) is 1.66. The Morgan fingerprint density at radius 3 is 2.71 bits per heavy atom. The third kappa shape index (κ3) is 5.34. The summed E-state index contributed by atoms with van der Waals surface area (Å²) >= 11 is 0. The number of carbonyl (C=O) groups excluding carboxylic acids is 1. The van der Waals surface area contributed by atoms with Gasteiger partial charge in [-0.2, -0.15) is 18.4 Å². The molecule has 1 N–H and O–H groups in total. The molecular weight excluding hydrogens is 285 g/mol. The lowest BCUT2D eigenvalue weighted by Gasteiger charge is -2.11. The van der Waals surface area contributed by atoms with Gasteiger partial charge in [0.1, 0.15) is 6.07 Å². The molecule has 4 nitrogen and oxygen atoms in total. The molecule has 0 spiro atoms. The van der Waals surface area contributed by atoms with Gasteiger partial charge in [0.2, 0.25) is 0 Å². The number of carbonyl (C=O) groups is 1. The lowest BCUT2D eigenvalue weighted by atomic mass is 10.1. The van der Waals surface area contributed by atoms with Gasteiger partial charge < -0.3 is 10.1 Å². The molecule has 0 atom stereocenters. The summed E-state index contributed by atoms with van der Waals surface area (Å²) in [7, 11) is 0. The predicted octanol–water partition coefficient (Wildman–Crippen LogP) is 3.33. The summed E-state index contributed by atoms with van der Waals surface area (Å²) in [6.45, 7) is 2.38. The maximum absolute atomic E-state index is 12.5. The zero-order valence-corrected chi connectivity index (χ0v) is 11.5. The van der Waals surface area contributed by atoms with Crippen LogP contribution in [0.1, 0.15) is 30.9 Å². The number of hydrogen-bond donors (Lipinski definition) is 1. The van der Waals surface area contributed by atoms with Crippen LogP contribution in [-0.4, -0.2) is 19.1 Å². The summed E-state index contributed by atoms with van der Waals surface area (Å²) in [4.78, 5) is 11.1. The quantitative estimate of drug-likeness (QED) is 0.646. The summed E-state index contributed by atoms with van der Waals surface area (Å²) < 4.78 is 42.3. The molecule has 0 unspecified atom stereocenters. The van der Waals surface area contributed by atoms with Gasteiger partial charge in [-0.25, -0.2) is 0 Å². The topological polar surface area (TPSA) is 62.1 Å². The molecule has 21 heavy (non-hydrogen) atoms. The van der Waals surface area contributed by atoms with E-state index in [2.05, 4.69) is 5.32 Å². The molecule has 0 aliphatic carbocycles. The first kappa shape index (κ1) is 16.8. The van der Waals surface area contributed by atoms with E-state index in [0.29, 0.717) is 25.3 Å². The molecule has 0 aliphatic rings. The van der Waals surface area contributed by atoms with Crippen molar-refractivity contribution >= 4 is 11.7 Å². The number of halogens is 3. The summed E-state index contributed by atoms with van der Waals surface area (Å²) in [5, 5.41) is 11.7. The van der Waals surface area contributed by atoms with Gasteiger partial charge in [0.25, 0.3) is 0 Å². The largest absolute Gasteiger partial charge is 0.466 e. The lowest BCUT2D eigenvalue weighted by Crippen LogP contribution is -2.10. The van der Waals surface area contributed by atoms with Crippen molar-refractivity contribution in [3.8, 4) is 6.07 Å². The van der Waals surface area contributed by atoms with Crippen molar-refractivity contribution < 1.29 is 22.7 Å². The van der Waals surface area contributed by atoms with Gasteiger partial charge in [-0.05, 0) is 31.5 Å². The second-order valence-electron chi connectivity index (χ2n) is 4.21. The minimum atomic E-state index is -4.48. The lowest BCUT2D eigenvalue weighted by molar-refractivity contribution is -0.143. The summed E-state index contributed by atoms with van der Waals surface area (Å²) in [5.74, 6) is -0.327. The highest BCUT2D eigenvalue weighted by Crippen LogP contribution is 2.31. The van der Waals surface area contributed by atoms with Crippen molar-refractivity contribution in [3.63, 3.8) is 0 Å². The van der Waals surface area contributed by atoms with Crippen LogP contribution in [0.3, 0.4) is 0 Å². The van der Waals surface area contributed by atoms with Crippen LogP contribution in [0.5, 0.6) is 0 Å². The van der Waals surface area contributed by atoms with Crippen LogP contribution in [0.15, 0.2) is 18.2 Å². The highest BCUT2D eigenvalue weighted by atomic mass is 19.4. The molecule has 0 radical (unpaired) electrons. The molecule has 1 aromatic carbocycles. The molecule has 7 heteroatoms. The van der Waals surface area contributed by atoms with Gasteiger partial charge in [-0.15, -0.1) is 0 Å². The zero-order valence-electron chi connectivity index (χ0n) is 11.5. The third-order valence-corrected chi connectivity index (χ3v) is 2.65. The van der Waals surface area contributed by atoms with Crippen LogP contribution < -0.4 is 5.32 Å². The monoisotopic (exact) mass is 300 g/mol. The molecule has 0 heterocycles. The summed E-state index contributed by atoms with van der Waals surface area (Å²) in [6.07, 6.45) is -3.80. The van der Waals surface area contributed by atoms with Gasteiger partial charge in [0.15, 0.2) is 0 Å². The zero-order chi connectivity index (χ0) is 15.9. The highest BCUT2D eigenvalue weighted by Gasteiger charge is 2.31.